The fourth-order valence-corrected chi connectivity index (χ4v) is 3.35. The zero-order valence-electron chi connectivity index (χ0n) is 13.8. The second-order valence-electron chi connectivity index (χ2n) is 6.09. The van der Waals surface area contributed by atoms with Crippen LogP contribution in [0.4, 0.5) is 5.00 Å². The minimum atomic E-state index is -0.112. The van der Waals surface area contributed by atoms with Gasteiger partial charge in [0.25, 0.3) is 0 Å². The number of rotatable bonds is 4. The lowest BCUT2D eigenvalue weighted by Crippen LogP contribution is -2.13. The number of hydrogen-bond acceptors (Lipinski definition) is 4. The first kappa shape index (κ1) is 16.9. The maximum Gasteiger partial charge on any atom is 0.229 e. The second-order valence-corrected chi connectivity index (χ2v) is 7.24. The first-order chi connectivity index (χ1) is 11.4. The van der Waals surface area contributed by atoms with Gasteiger partial charge in [-0.2, -0.15) is 4.37 Å². The standard InChI is InChI=1S/C18H18ClN3OS/c1-10(2)14-8-13-5-4-12(6-15(13)20-9-14)7-16(23)21-18-17(19)11(3)22-24-18/h4-6,8-10H,7H2,1-3H3,(H,21,23). The monoisotopic (exact) mass is 359 g/mol. The van der Waals surface area contributed by atoms with Crippen molar-refractivity contribution in [1.82, 2.24) is 9.36 Å². The molecule has 3 aromatic rings. The van der Waals surface area contributed by atoms with E-state index in [1.807, 2.05) is 31.3 Å². The van der Waals surface area contributed by atoms with Crippen molar-refractivity contribution in [3.8, 4) is 0 Å². The van der Waals surface area contributed by atoms with E-state index in [-0.39, 0.29) is 12.3 Å². The van der Waals surface area contributed by atoms with Crippen LogP contribution in [0.2, 0.25) is 5.02 Å². The number of hydrogen-bond donors (Lipinski definition) is 1. The highest BCUT2D eigenvalue weighted by molar-refractivity contribution is 7.11. The highest BCUT2D eigenvalue weighted by atomic mass is 35.5. The van der Waals surface area contributed by atoms with Gasteiger partial charge in [-0.1, -0.05) is 37.6 Å². The molecule has 0 spiro atoms. The third-order valence-corrected chi connectivity index (χ3v) is 5.27. The Bertz CT molecular complexity index is 904. The number of aryl methyl sites for hydroxylation is 1. The van der Waals surface area contributed by atoms with Gasteiger partial charge in [0.05, 0.1) is 22.7 Å². The topological polar surface area (TPSA) is 54.9 Å². The molecule has 2 heterocycles. The maximum atomic E-state index is 12.2. The summed E-state index contributed by atoms with van der Waals surface area (Å²) in [6.45, 7) is 6.11. The number of benzene rings is 1. The van der Waals surface area contributed by atoms with E-state index in [1.165, 1.54) is 17.1 Å². The van der Waals surface area contributed by atoms with Gasteiger partial charge < -0.3 is 5.32 Å². The first-order valence-electron chi connectivity index (χ1n) is 7.74. The minimum Gasteiger partial charge on any atom is -0.315 e. The molecule has 4 nitrogen and oxygen atoms in total. The zero-order chi connectivity index (χ0) is 17.3. The number of aromatic nitrogens is 2. The van der Waals surface area contributed by atoms with Gasteiger partial charge in [-0.3, -0.25) is 9.78 Å². The Balaban J connectivity index is 1.76. The Hall–Kier alpha value is -1.98. The van der Waals surface area contributed by atoms with E-state index in [9.17, 15) is 4.79 Å². The van der Waals surface area contributed by atoms with Crippen LogP contribution in [0, 0.1) is 6.92 Å². The van der Waals surface area contributed by atoms with Crippen LogP contribution in [0.1, 0.15) is 36.6 Å². The number of nitrogens with zero attached hydrogens (tertiary/aromatic N) is 2. The Morgan fingerprint density at radius 2 is 2.12 bits per heavy atom. The molecule has 0 saturated heterocycles. The summed E-state index contributed by atoms with van der Waals surface area (Å²) in [6, 6.07) is 8.09. The van der Waals surface area contributed by atoms with Crippen LogP contribution in [0.3, 0.4) is 0 Å². The molecular formula is C18H18ClN3OS. The Kier molecular flexibility index (Phi) is 4.83. The van der Waals surface area contributed by atoms with Crippen molar-refractivity contribution in [1.29, 1.82) is 0 Å². The Labute approximate surface area is 150 Å². The van der Waals surface area contributed by atoms with E-state index in [2.05, 4.69) is 34.6 Å². The van der Waals surface area contributed by atoms with E-state index in [0.29, 0.717) is 15.9 Å². The van der Waals surface area contributed by atoms with E-state index < -0.39 is 0 Å². The molecule has 0 aliphatic heterocycles. The summed E-state index contributed by atoms with van der Waals surface area (Å²) >= 11 is 7.29. The van der Waals surface area contributed by atoms with Crippen LogP contribution < -0.4 is 5.32 Å². The van der Waals surface area contributed by atoms with Gasteiger partial charge in [-0.15, -0.1) is 0 Å². The summed E-state index contributed by atoms with van der Waals surface area (Å²) in [5.74, 6) is 0.332. The predicted octanol–water partition coefficient (Wildman–Crippen LogP) is 4.96. The van der Waals surface area contributed by atoms with Gasteiger partial charge in [0.1, 0.15) is 5.00 Å². The molecule has 0 atom stereocenters. The molecule has 0 unspecified atom stereocenters. The predicted molar refractivity (Wildman–Crippen MR) is 100 cm³/mol. The fraction of sp³-hybridized carbons (Fsp3) is 0.278. The van der Waals surface area contributed by atoms with Crippen LogP contribution in [-0.2, 0) is 11.2 Å². The number of amides is 1. The maximum absolute atomic E-state index is 12.2. The number of carbonyl (C=O) groups is 1. The van der Waals surface area contributed by atoms with Gasteiger partial charge in [-0.25, -0.2) is 0 Å². The lowest BCUT2D eigenvalue weighted by atomic mass is 10.0. The van der Waals surface area contributed by atoms with Crippen LogP contribution in [0.25, 0.3) is 10.9 Å². The number of fused-ring (bicyclic) bond motifs is 1. The minimum absolute atomic E-state index is 0.112. The molecule has 0 radical (unpaired) electrons. The number of carbonyl (C=O) groups excluding carboxylic acids is 1. The molecule has 24 heavy (non-hydrogen) atoms. The lowest BCUT2D eigenvalue weighted by molar-refractivity contribution is -0.115. The van der Waals surface area contributed by atoms with E-state index >= 15 is 0 Å². The van der Waals surface area contributed by atoms with Crippen molar-refractivity contribution in [2.24, 2.45) is 0 Å². The van der Waals surface area contributed by atoms with Crippen LogP contribution in [-0.4, -0.2) is 15.3 Å². The Morgan fingerprint density at radius 1 is 1.33 bits per heavy atom. The lowest BCUT2D eigenvalue weighted by Gasteiger charge is -2.08. The van der Waals surface area contributed by atoms with Crippen molar-refractivity contribution in [2.45, 2.75) is 33.1 Å². The van der Waals surface area contributed by atoms with Crippen molar-refractivity contribution in [3.63, 3.8) is 0 Å². The van der Waals surface area contributed by atoms with E-state index in [1.54, 1.807) is 0 Å². The smallest absolute Gasteiger partial charge is 0.229 e. The third kappa shape index (κ3) is 3.57. The fourth-order valence-electron chi connectivity index (χ4n) is 2.40. The second kappa shape index (κ2) is 6.87. The molecule has 0 bridgehead atoms. The molecule has 124 valence electrons. The van der Waals surface area contributed by atoms with Gasteiger partial charge >= 0.3 is 0 Å². The number of anilines is 1. The molecule has 2 aromatic heterocycles. The molecule has 0 aliphatic rings. The highest BCUT2D eigenvalue weighted by Gasteiger charge is 2.12. The van der Waals surface area contributed by atoms with Crippen LogP contribution in [0.5, 0.6) is 0 Å². The average molecular weight is 360 g/mol. The molecule has 0 fully saturated rings. The summed E-state index contributed by atoms with van der Waals surface area (Å²) in [4.78, 5) is 16.7. The van der Waals surface area contributed by atoms with Gasteiger partial charge in [0.2, 0.25) is 5.91 Å². The molecule has 1 aromatic carbocycles. The van der Waals surface area contributed by atoms with Crippen LogP contribution in [0.15, 0.2) is 30.5 Å². The number of nitrogens with one attached hydrogen (secondary N) is 1. The average Bonchev–Trinajstić information content (AvgIpc) is 2.86. The van der Waals surface area contributed by atoms with Crippen molar-refractivity contribution in [3.05, 3.63) is 52.3 Å². The molecule has 6 heteroatoms. The quantitative estimate of drug-likeness (QED) is 0.716. The van der Waals surface area contributed by atoms with Crippen LogP contribution >= 0.6 is 23.1 Å². The van der Waals surface area contributed by atoms with E-state index in [0.717, 1.165) is 22.2 Å². The normalized spacial score (nSPS) is 11.2. The summed E-state index contributed by atoms with van der Waals surface area (Å²) < 4.78 is 4.12. The van der Waals surface area contributed by atoms with E-state index in [4.69, 9.17) is 11.6 Å². The molecule has 3 rings (SSSR count). The molecule has 0 aliphatic carbocycles. The summed E-state index contributed by atoms with van der Waals surface area (Å²) in [7, 11) is 0. The summed E-state index contributed by atoms with van der Waals surface area (Å²) in [5.41, 5.74) is 3.76. The van der Waals surface area contributed by atoms with Gasteiger partial charge in [0, 0.05) is 11.6 Å². The first-order valence-corrected chi connectivity index (χ1v) is 8.89. The molecule has 0 saturated carbocycles. The number of pyridine rings is 1. The third-order valence-electron chi connectivity index (χ3n) is 3.84. The zero-order valence-corrected chi connectivity index (χ0v) is 15.3. The number of halogens is 1. The molecule has 1 N–H and O–H groups in total. The Morgan fingerprint density at radius 3 is 2.79 bits per heavy atom. The van der Waals surface area contributed by atoms with Gasteiger partial charge in [-0.05, 0) is 47.6 Å². The van der Waals surface area contributed by atoms with Gasteiger partial charge in [0.15, 0.2) is 0 Å². The molecule has 1 amide bonds. The largest absolute Gasteiger partial charge is 0.315 e. The van der Waals surface area contributed by atoms with Crippen molar-refractivity contribution < 1.29 is 4.79 Å². The van der Waals surface area contributed by atoms with Crippen molar-refractivity contribution in [2.75, 3.05) is 5.32 Å². The van der Waals surface area contributed by atoms with Crippen molar-refractivity contribution >= 4 is 44.9 Å². The highest BCUT2D eigenvalue weighted by Crippen LogP contribution is 2.29. The summed E-state index contributed by atoms with van der Waals surface area (Å²) in [5, 5.41) is 5.01. The molecular weight excluding hydrogens is 342 g/mol. The SMILES string of the molecule is Cc1nsc(NC(=O)Cc2ccc3cc(C(C)C)cnc3c2)c1Cl. The summed E-state index contributed by atoms with van der Waals surface area (Å²) in [6.07, 6.45) is 2.17.